The zero-order valence-electron chi connectivity index (χ0n) is 29.8. The number of hydrogen-bond donors (Lipinski definition) is 0. The van der Waals surface area contributed by atoms with Gasteiger partial charge in [0.1, 0.15) is 0 Å². The third-order valence-corrected chi connectivity index (χ3v) is 11.0. The smallest absolute Gasteiger partial charge is 0.0468 e. The van der Waals surface area contributed by atoms with Crippen LogP contribution in [-0.2, 0) is 5.41 Å². The van der Waals surface area contributed by atoms with Gasteiger partial charge in [-0.3, -0.25) is 0 Å². The van der Waals surface area contributed by atoms with E-state index in [9.17, 15) is 0 Å². The first kappa shape index (κ1) is 31.8. The average Bonchev–Trinajstić information content (AvgIpc) is 3.45. The van der Waals surface area contributed by atoms with Crippen molar-refractivity contribution in [3.05, 3.63) is 205 Å². The van der Waals surface area contributed by atoms with Gasteiger partial charge in [0, 0.05) is 22.5 Å². The molecule has 0 fully saturated rings. The molecule has 0 N–H and O–H groups in total. The molecule has 0 atom stereocenters. The van der Waals surface area contributed by atoms with Gasteiger partial charge >= 0.3 is 0 Å². The summed E-state index contributed by atoms with van der Waals surface area (Å²) in [5.74, 6) is 0. The molecule has 0 spiro atoms. The molecular formula is C51H41N. The quantitative estimate of drug-likeness (QED) is 0.164. The lowest BCUT2D eigenvalue weighted by Gasteiger charge is -2.29. The first-order valence-electron chi connectivity index (χ1n) is 18.4. The lowest BCUT2D eigenvalue weighted by molar-refractivity contribution is 0.660. The second-order valence-corrected chi connectivity index (χ2v) is 14.5. The van der Waals surface area contributed by atoms with E-state index in [0.29, 0.717) is 0 Å². The predicted octanol–water partition coefficient (Wildman–Crippen LogP) is 14.2. The SMILES string of the molecule is CC1(C)c2ccccc2-c2ccc(N(c3ccc(-c4ccccc4)cc3)c3ccc(-c4ccc(C5=CC=CCC5)cc4)c(-c4ccccc4)c3)cc21. The third-order valence-electron chi connectivity index (χ3n) is 11.0. The summed E-state index contributed by atoms with van der Waals surface area (Å²) in [5.41, 5.74) is 18.7. The summed E-state index contributed by atoms with van der Waals surface area (Å²) in [7, 11) is 0. The fourth-order valence-corrected chi connectivity index (χ4v) is 8.20. The van der Waals surface area contributed by atoms with E-state index in [1.54, 1.807) is 0 Å². The van der Waals surface area contributed by atoms with Crippen molar-refractivity contribution in [3.8, 4) is 44.5 Å². The molecule has 2 aliphatic carbocycles. The zero-order chi connectivity index (χ0) is 35.1. The highest BCUT2D eigenvalue weighted by Gasteiger charge is 2.35. The van der Waals surface area contributed by atoms with Gasteiger partial charge in [-0.15, -0.1) is 0 Å². The summed E-state index contributed by atoms with van der Waals surface area (Å²) in [5, 5.41) is 0. The Morgan fingerprint density at radius 3 is 1.67 bits per heavy atom. The van der Waals surface area contributed by atoms with E-state index >= 15 is 0 Å². The van der Waals surface area contributed by atoms with Crippen LogP contribution in [0.15, 0.2) is 188 Å². The number of benzene rings is 7. The minimum atomic E-state index is -0.0973. The van der Waals surface area contributed by atoms with Crippen LogP contribution in [0.3, 0.4) is 0 Å². The normalized spacial score (nSPS) is 14.0. The highest BCUT2D eigenvalue weighted by molar-refractivity contribution is 5.91. The van der Waals surface area contributed by atoms with Gasteiger partial charge in [-0.25, -0.2) is 0 Å². The van der Waals surface area contributed by atoms with Crippen LogP contribution in [0.4, 0.5) is 17.1 Å². The molecule has 1 heteroatoms. The van der Waals surface area contributed by atoms with Crippen molar-refractivity contribution in [1.82, 2.24) is 0 Å². The molecule has 52 heavy (non-hydrogen) atoms. The molecule has 250 valence electrons. The summed E-state index contributed by atoms with van der Waals surface area (Å²) >= 11 is 0. The Hall–Kier alpha value is -6.18. The molecule has 7 aromatic rings. The van der Waals surface area contributed by atoms with Gasteiger partial charge < -0.3 is 4.90 Å². The van der Waals surface area contributed by atoms with Crippen LogP contribution in [0, 0.1) is 0 Å². The Labute approximate surface area is 307 Å². The molecule has 0 amide bonds. The second kappa shape index (κ2) is 13.2. The minimum absolute atomic E-state index is 0.0973. The van der Waals surface area contributed by atoms with Gasteiger partial charge in [-0.05, 0) is 116 Å². The van der Waals surface area contributed by atoms with Crippen molar-refractivity contribution in [2.24, 2.45) is 0 Å². The van der Waals surface area contributed by atoms with Gasteiger partial charge in [0.15, 0.2) is 0 Å². The number of anilines is 3. The fraction of sp³-hybridized carbons (Fsp3) is 0.0980. The van der Waals surface area contributed by atoms with Crippen molar-refractivity contribution in [1.29, 1.82) is 0 Å². The molecule has 0 aliphatic heterocycles. The molecule has 2 aliphatic rings. The van der Waals surface area contributed by atoms with Crippen LogP contribution in [0.2, 0.25) is 0 Å². The number of fused-ring (bicyclic) bond motifs is 3. The lowest BCUT2D eigenvalue weighted by atomic mass is 9.82. The maximum atomic E-state index is 2.43. The van der Waals surface area contributed by atoms with E-state index in [2.05, 4.69) is 207 Å². The molecule has 1 nitrogen and oxygen atoms in total. The Morgan fingerprint density at radius 1 is 0.423 bits per heavy atom. The van der Waals surface area contributed by atoms with E-state index in [-0.39, 0.29) is 5.41 Å². The van der Waals surface area contributed by atoms with Gasteiger partial charge in [-0.1, -0.05) is 166 Å². The Balaban J connectivity index is 1.19. The van der Waals surface area contributed by atoms with Crippen molar-refractivity contribution in [2.75, 3.05) is 4.90 Å². The molecule has 0 heterocycles. The van der Waals surface area contributed by atoms with Crippen LogP contribution in [-0.4, -0.2) is 0 Å². The van der Waals surface area contributed by atoms with Crippen LogP contribution in [0.5, 0.6) is 0 Å². The average molecular weight is 668 g/mol. The monoisotopic (exact) mass is 667 g/mol. The van der Waals surface area contributed by atoms with Crippen molar-refractivity contribution in [3.63, 3.8) is 0 Å². The standard InChI is InChI=1S/C51H41N/c1-51(2)49-21-13-12-20-46(49)47-33-31-44(35-50(47)51)52(42-28-26-39(27-29-42)37-16-8-4-9-17-37)43-30-32-45(48(34-43)40-18-10-5-11-19-40)41-24-22-38(23-25-41)36-14-6-3-7-15-36/h3-6,8-14,16-35H,7,15H2,1-2H3. The van der Waals surface area contributed by atoms with Gasteiger partial charge in [0.2, 0.25) is 0 Å². The molecule has 0 unspecified atom stereocenters. The first-order chi connectivity index (χ1) is 25.5. The Bertz CT molecular complexity index is 2450. The summed E-state index contributed by atoms with van der Waals surface area (Å²) in [6, 6.07) is 62.5. The fourth-order valence-electron chi connectivity index (χ4n) is 8.20. The van der Waals surface area contributed by atoms with Crippen LogP contribution < -0.4 is 4.90 Å². The van der Waals surface area contributed by atoms with Crippen molar-refractivity contribution >= 4 is 22.6 Å². The van der Waals surface area contributed by atoms with Gasteiger partial charge in [-0.2, -0.15) is 0 Å². The number of allylic oxidation sites excluding steroid dienone is 4. The van der Waals surface area contributed by atoms with E-state index in [0.717, 1.165) is 29.9 Å². The second-order valence-electron chi connectivity index (χ2n) is 14.5. The summed E-state index contributed by atoms with van der Waals surface area (Å²) in [6.45, 7) is 4.71. The highest BCUT2D eigenvalue weighted by atomic mass is 15.1. The molecule has 9 rings (SSSR count). The van der Waals surface area contributed by atoms with E-state index in [1.807, 2.05) is 0 Å². The van der Waals surface area contributed by atoms with Gasteiger partial charge in [0.25, 0.3) is 0 Å². The number of rotatable bonds is 7. The number of nitrogens with zero attached hydrogens (tertiary/aromatic N) is 1. The predicted molar refractivity (Wildman–Crippen MR) is 221 cm³/mol. The van der Waals surface area contributed by atoms with Crippen LogP contribution >= 0.6 is 0 Å². The van der Waals surface area contributed by atoms with E-state index in [1.165, 1.54) is 66.8 Å². The first-order valence-corrected chi connectivity index (χ1v) is 18.4. The summed E-state index contributed by atoms with van der Waals surface area (Å²) in [4.78, 5) is 2.43. The number of hydrogen-bond acceptors (Lipinski definition) is 1. The Morgan fingerprint density at radius 2 is 0.962 bits per heavy atom. The molecule has 0 saturated heterocycles. The molecule has 0 saturated carbocycles. The zero-order valence-corrected chi connectivity index (χ0v) is 29.8. The molecule has 0 aromatic heterocycles. The lowest BCUT2D eigenvalue weighted by Crippen LogP contribution is -2.16. The van der Waals surface area contributed by atoms with Crippen molar-refractivity contribution in [2.45, 2.75) is 32.1 Å². The van der Waals surface area contributed by atoms with E-state index < -0.39 is 0 Å². The van der Waals surface area contributed by atoms with Crippen LogP contribution in [0.25, 0.3) is 50.1 Å². The third kappa shape index (κ3) is 5.69. The van der Waals surface area contributed by atoms with Crippen LogP contribution in [0.1, 0.15) is 43.4 Å². The van der Waals surface area contributed by atoms with Crippen molar-refractivity contribution < 1.29 is 0 Å². The van der Waals surface area contributed by atoms with E-state index in [4.69, 9.17) is 0 Å². The molecule has 7 aromatic carbocycles. The highest BCUT2D eigenvalue weighted by Crippen LogP contribution is 2.51. The maximum Gasteiger partial charge on any atom is 0.0468 e. The molecule has 0 radical (unpaired) electrons. The topological polar surface area (TPSA) is 3.24 Å². The maximum absolute atomic E-state index is 2.43. The Kier molecular flexibility index (Phi) is 8.05. The molecular weight excluding hydrogens is 627 g/mol. The minimum Gasteiger partial charge on any atom is -0.310 e. The summed E-state index contributed by atoms with van der Waals surface area (Å²) < 4.78 is 0. The molecule has 0 bridgehead atoms. The largest absolute Gasteiger partial charge is 0.310 e. The summed E-state index contributed by atoms with van der Waals surface area (Å²) in [6.07, 6.45) is 8.87. The van der Waals surface area contributed by atoms with Gasteiger partial charge in [0.05, 0.1) is 0 Å².